The van der Waals surface area contributed by atoms with Gasteiger partial charge in [0.15, 0.2) is 0 Å². The standard InChI is InChI=1S/C14H19Br/c1-4-14(5-2)9-10(3)13-11(14)7-6-8-12(13)15/h6-8,10H,4-5,9H2,1-3H3/t10-/m1/s1. The molecule has 0 unspecified atom stereocenters. The molecule has 1 aromatic rings. The summed E-state index contributed by atoms with van der Waals surface area (Å²) in [4.78, 5) is 0. The first-order valence-electron chi connectivity index (χ1n) is 5.93. The second-order valence-electron chi connectivity index (χ2n) is 4.79. The highest BCUT2D eigenvalue weighted by molar-refractivity contribution is 9.10. The third kappa shape index (κ3) is 1.56. The predicted octanol–water partition coefficient (Wildman–Crippen LogP) is 5.01. The van der Waals surface area contributed by atoms with Gasteiger partial charge in [-0.05, 0) is 47.8 Å². The van der Waals surface area contributed by atoms with Gasteiger partial charge in [-0.2, -0.15) is 0 Å². The molecule has 1 atom stereocenters. The van der Waals surface area contributed by atoms with Crippen LogP contribution >= 0.6 is 15.9 Å². The van der Waals surface area contributed by atoms with Crippen LogP contribution in [0.2, 0.25) is 0 Å². The van der Waals surface area contributed by atoms with E-state index in [9.17, 15) is 0 Å². The first-order valence-corrected chi connectivity index (χ1v) is 6.73. The van der Waals surface area contributed by atoms with Crippen molar-refractivity contribution in [2.45, 2.75) is 51.4 Å². The number of fused-ring (bicyclic) bond motifs is 1. The van der Waals surface area contributed by atoms with Crippen molar-refractivity contribution in [3.05, 3.63) is 33.8 Å². The van der Waals surface area contributed by atoms with Crippen molar-refractivity contribution >= 4 is 15.9 Å². The van der Waals surface area contributed by atoms with E-state index in [4.69, 9.17) is 0 Å². The van der Waals surface area contributed by atoms with Crippen LogP contribution in [0.4, 0.5) is 0 Å². The zero-order chi connectivity index (χ0) is 11.1. The molecule has 1 aliphatic rings. The quantitative estimate of drug-likeness (QED) is 0.706. The minimum absolute atomic E-state index is 0.443. The molecule has 1 aromatic carbocycles. The van der Waals surface area contributed by atoms with Crippen molar-refractivity contribution in [1.82, 2.24) is 0 Å². The van der Waals surface area contributed by atoms with E-state index in [1.165, 1.54) is 23.7 Å². The normalized spacial score (nSPS) is 22.8. The zero-order valence-electron chi connectivity index (χ0n) is 9.81. The molecular weight excluding hydrogens is 248 g/mol. The van der Waals surface area contributed by atoms with Crippen LogP contribution in [0.15, 0.2) is 22.7 Å². The van der Waals surface area contributed by atoms with Crippen molar-refractivity contribution in [3.63, 3.8) is 0 Å². The molecule has 0 saturated carbocycles. The molecule has 0 N–H and O–H groups in total. The lowest BCUT2D eigenvalue weighted by atomic mass is 9.77. The number of hydrogen-bond donors (Lipinski definition) is 0. The van der Waals surface area contributed by atoms with Crippen LogP contribution in [0.1, 0.15) is 57.1 Å². The number of halogens is 1. The van der Waals surface area contributed by atoms with Gasteiger partial charge in [0.1, 0.15) is 0 Å². The Kier molecular flexibility index (Phi) is 2.94. The van der Waals surface area contributed by atoms with Crippen LogP contribution in [0.3, 0.4) is 0 Å². The van der Waals surface area contributed by atoms with Crippen LogP contribution in [-0.2, 0) is 5.41 Å². The van der Waals surface area contributed by atoms with Gasteiger partial charge in [-0.25, -0.2) is 0 Å². The molecule has 0 saturated heterocycles. The fourth-order valence-corrected chi connectivity index (χ4v) is 3.98. The Bertz CT molecular complexity index is 364. The summed E-state index contributed by atoms with van der Waals surface area (Å²) in [5.74, 6) is 0.704. The molecule has 0 aromatic heterocycles. The Morgan fingerprint density at radius 1 is 1.33 bits per heavy atom. The monoisotopic (exact) mass is 266 g/mol. The van der Waals surface area contributed by atoms with Crippen molar-refractivity contribution in [3.8, 4) is 0 Å². The lowest BCUT2D eigenvalue weighted by Crippen LogP contribution is -2.20. The number of hydrogen-bond acceptors (Lipinski definition) is 0. The fraction of sp³-hybridized carbons (Fsp3) is 0.571. The van der Waals surface area contributed by atoms with Gasteiger partial charge in [-0.1, -0.05) is 48.8 Å². The molecule has 0 fully saturated rings. The van der Waals surface area contributed by atoms with Gasteiger partial charge in [-0.3, -0.25) is 0 Å². The third-order valence-corrected chi connectivity index (χ3v) is 4.86. The lowest BCUT2D eigenvalue weighted by molar-refractivity contribution is 0.376. The van der Waals surface area contributed by atoms with E-state index < -0.39 is 0 Å². The van der Waals surface area contributed by atoms with Gasteiger partial charge in [0.2, 0.25) is 0 Å². The van der Waals surface area contributed by atoms with Gasteiger partial charge in [-0.15, -0.1) is 0 Å². The molecule has 0 aliphatic heterocycles. The Hall–Kier alpha value is -0.300. The maximum atomic E-state index is 3.70. The Morgan fingerprint density at radius 2 is 2.00 bits per heavy atom. The van der Waals surface area contributed by atoms with Crippen molar-refractivity contribution in [2.75, 3.05) is 0 Å². The van der Waals surface area contributed by atoms with E-state index in [0.29, 0.717) is 11.3 Å². The van der Waals surface area contributed by atoms with Crippen LogP contribution < -0.4 is 0 Å². The van der Waals surface area contributed by atoms with Crippen LogP contribution in [0.25, 0.3) is 0 Å². The third-order valence-electron chi connectivity index (χ3n) is 4.17. The van der Waals surface area contributed by atoms with Gasteiger partial charge in [0.05, 0.1) is 0 Å². The highest BCUT2D eigenvalue weighted by Crippen LogP contribution is 2.51. The number of rotatable bonds is 2. The Morgan fingerprint density at radius 3 is 2.60 bits per heavy atom. The second kappa shape index (κ2) is 3.93. The van der Waals surface area contributed by atoms with Crippen LogP contribution in [0, 0.1) is 0 Å². The van der Waals surface area contributed by atoms with E-state index in [-0.39, 0.29) is 0 Å². The topological polar surface area (TPSA) is 0 Å². The van der Waals surface area contributed by atoms with Gasteiger partial charge in [0.25, 0.3) is 0 Å². The molecule has 0 nitrogen and oxygen atoms in total. The zero-order valence-corrected chi connectivity index (χ0v) is 11.4. The summed E-state index contributed by atoms with van der Waals surface area (Å²) in [5.41, 5.74) is 3.59. The van der Waals surface area contributed by atoms with Crippen molar-refractivity contribution in [2.24, 2.45) is 0 Å². The van der Waals surface area contributed by atoms with Crippen LogP contribution in [-0.4, -0.2) is 0 Å². The Labute approximate surface area is 101 Å². The van der Waals surface area contributed by atoms with E-state index in [1.807, 2.05) is 0 Å². The average molecular weight is 267 g/mol. The summed E-state index contributed by atoms with van der Waals surface area (Å²) in [5, 5.41) is 0. The van der Waals surface area contributed by atoms with Crippen molar-refractivity contribution < 1.29 is 0 Å². The largest absolute Gasteiger partial charge is 0.0645 e. The van der Waals surface area contributed by atoms with Gasteiger partial charge < -0.3 is 0 Å². The SMILES string of the molecule is CCC1(CC)C[C@@H](C)c2c(Br)cccc21. The Balaban J connectivity index is 2.60. The summed E-state index contributed by atoms with van der Waals surface area (Å²) >= 11 is 3.70. The molecule has 1 heteroatoms. The molecule has 0 heterocycles. The first kappa shape index (κ1) is 11.2. The summed E-state index contributed by atoms with van der Waals surface area (Å²) < 4.78 is 1.30. The minimum Gasteiger partial charge on any atom is -0.0645 e. The maximum Gasteiger partial charge on any atom is 0.0212 e. The maximum absolute atomic E-state index is 3.70. The average Bonchev–Trinajstić information content (AvgIpc) is 2.54. The first-order chi connectivity index (χ1) is 7.14. The molecule has 0 bridgehead atoms. The van der Waals surface area contributed by atoms with E-state index >= 15 is 0 Å². The molecule has 0 amide bonds. The van der Waals surface area contributed by atoms with Crippen LogP contribution in [0.5, 0.6) is 0 Å². The smallest absolute Gasteiger partial charge is 0.0212 e. The van der Waals surface area contributed by atoms with E-state index in [1.54, 1.807) is 11.1 Å². The summed E-state index contributed by atoms with van der Waals surface area (Å²) in [7, 11) is 0. The minimum atomic E-state index is 0.443. The molecule has 82 valence electrons. The number of benzene rings is 1. The fourth-order valence-electron chi connectivity index (χ4n) is 3.22. The molecule has 0 spiro atoms. The molecular formula is C14H19Br. The van der Waals surface area contributed by atoms with Crippen molar-refractivity contribution in [1.29, 1.82) is 0 Å². The summed E-state index contributed by atoms with van der Waals surface area (Å²) in [6.45, 7) is 7.01. The van der Waals surface area contributed by atoms with E-state index in [2.05, 4.69) is 54.9 Å². The second-order valence-corrected chi connectivity index (χ2v) is 5.65. The predicted molar refractivity (Wildman–Crippen MR) is 69.4 cm³/mol. The molecule has 15 heavy (non-hydrogen) atoms. The highest BCUT2D eigenvalue weighted by atomic mass is 79.9. The molecule has 0 radical (unpaired) electrons. The highest BCUT2D eigenvalue weighted by Gasteiger charge is 2.40. The van der Waals surface area contributed by atoms with Gasteiger partial charge in [0, 0.05) is 4.47 Å². The summed E-state index contributed by atoms with van der Waals surface area (Å²) in [6.07, 6.45) is 3.84. The lowest BCUT2D eigenvalue weighted by Gasteiger charge is -2.27. The molecule has 1 aliphatic carbocycles. The molecule has 2 rings (SSSR count). The van der Waals surface area contributed by atoms with E-state index in [0.717, 1.165) is 0 Å². The van der Waals surface area contributed by atoms with Gasteiger partial charge >= 0.3 is 0 Å². The summed E-state index contributed by atoms with van der Waals surface area (Å²) in [6, 6.07) is 6.69.